The highest BCUT2D eigenvalue weighted by atomic mass is 19.4. The molecule has 3 nitrogen and oxygen atoms in total. The minimum Gasteiger partial charge on any atom is -0.497 e. The standard InChI is InChI=1S/C11H11F3O3/c1-16-8-3-7(4-9(6-8)17-2)5-10(15)11(12,13)14/h3-4,6H,5H2,1-2H3. The third-order valence-corrected chi connectivity index (χ3v) is 2.09. The first kappa shape index (κ1) is 13.3. The molecule has 1 rings (SSSR count). The van der Waals surface area contributed by atoms with E-state index in [1.165, 1.54) is 32.4 Å². The van der Waals surface area contributed by atoms with Crippen LogP contribution in [0.25, 0.3) is 0 Å². The van der Waals surface area contributed by atoms with Crippen LogP contribution in [0, 0.1) is 0 Å². The van der Waals surface area contributed by atoms with E-state index in [-0.39, 0.29) is 5.56 Å². The zero-order valence-corrected chi connectivity index (χ0v) is 9.30. The molecule has 0 saturated carbocycles. The molecule has 0 heterocycles. The molecule has 0 aliphatic rings. The van der Waals surface area contributed by atoms with E-state index < -0.39 is 18.4 Å². The molecule has 0 atom stereocenters. The molecule has 17 heavy (non-hydrogen) atoms. The van der Waals surface area contributed by atoms with Gasteiger partial charge in [-0.25, -0.2) is 0 Å². The Hall–Kier alpha value is -1.72. The molecular weight excluding hydrogens is 237 g/mol. The van der Waals surface area contributed by atoms with Crippen LogP contribution in [-0.2, 0) is 11.2 Å². The van der Waals surface area contributed by atoms with E-state index in [1.807, 2.05) is 0 Å². The van der Waals surface area contributed by atoms with Crippen molar-refractivity contribution in [3.05, 3.63) is 23.8 Å². The van der Waals surface area contributed by atoms with E-state index in [2.05, 4.69) is 0 Å². The van der Waals surface area contributed by atoms with Gasteiger partial charge in [0.05, 0.1) is 14.2 Å². The van der Waals surface area contributed by atoms with Gasteiger partial charge in [-0.1, -0.05) is 0 Å². The van der Waals surface area contributed by atoms with Crippen LogP contribution in [-0.4, -0.2) is 26.2 Å². The first-order chi connectivity index (χ1) is 7.86. The lowest BCUT2D eigenvalue weighted by molar-refractivity contribution is -0.170. The Morgan fingerprint density at radius 3 is 1.94 bits per heavy atom. The van der Waals surface area contributed by atoms with E-state index in [0.29, 0.717) is 11.5 Å². The number of carbonyl (C=O) groups is 1. The van der Waals surface area contributed by atoms with E-state index >= 15 is 0 Å². The van der Waals surface area contributed by atoms with E-state index in [9.17, 15) is 18.0 Å². The van der Waals surface area contributed by atoms with Crippen LogP contribution in [0.5, 0.6) is 11.5 Å². The van der Waals surface area contributed by atoms with E-state index in [4.69, 9.17) is 9.47 Å². The summed E-state index contributed by atoms with van der Waals surface area (Å²) in [7, 11) is 2.76. The molecule has 0 bridgehead atoms. The predicted octanol–water partition coefficient (Wildman–Crippen LogP) is 2.38. The summed E-state index contributed by atoms with van der Waals surface area (Å²) >= 11 is 0. The number of methoxy groups -OCH3 is 2. The van der Waals surface area contributed by atoms with Gasteiger partial charge in [0.1, 0.15) is 11.5 Å². The number of ketones is 1. The second-order valence-electron chi connectivity index (χ2n) is 3.32. The molecular formula is C11H11F3O3. The largest absolute Gasteiger partial charge is 0.497 e. The topological polar surface area (TPSA) is 35.5 Å². The van der Waals surface area contributed by atoms with Gasteiger partial charge >= 0.3 is 6.18 Å². The van der Waals surface area contributed by atoms with Crippen molar-refractivity contribution in [2.24, 2.45) is 0 Å². The molecule has 0 amide bonds. The Morgan fingerprint density at radius 1 is 1.12 bits per heavy atom. The maximum Gasteiger partial charge on any atom is 0.450 e. The van der Waals surface area contributed by atoms with Crippen molar-refractivity contribution in [3.8, 4) is 11.5 Å². The SMILES string of the molecule is COc1cc(CC(=O)C(F)(F)F)cc(OC)c1. The lowest BCUT2D eigenvalue weighted by Crippen LogP contribution is -2.24. The minimum atomic E-state index is -4.82. The number of ether oxygens (including phenoxy) is 2. The molecule has 1 aromatic carbocycles. The van der Waals surface area contributed by atoms with Crippen LogP contribution in [0.3, 0.4) is 0 Å². The normalized spacial score (nSPS) is 11.1. The summed E-state index contributed by atoms with van der Waals surface area (Å²) in [6, 6.07) is 4.25. The van der Waals surface area contributed by atoms with E-state index in [0.717, 1.165) is 0 Å². The van der Waals surface area contributed by atoms with Crippen LogP contribution in [0.15, 0.2) is 18.2 Å². The molecule has 0 aliphatic heterocycles. The van der Waals surface area contributed by atoms with Gasteiger partial charge in [-0.2, -0.15) is 13.2 Å². The highest BCUT2D eigenvalue weighted by Crippen LogP contribution is 2.25. The monoisotopic (exact) mass is 248 g/mol. The quantitative estimate of drug-likeness (QED) is 0.820. The van der Waals surface area contributed by atoms with Crippen molar-refractivity contribution in [1.29, 1.82) is 0 Å². The third-order valence-electron chi connectivity index (χ3n) is 2.09. The van der Waals surface area contributed by atoms with Crippen LogP contribution in [0.4, 0.5) is 13.2 Å². The molecule has 0 saturated heterocycles. The fraction of sp³-hybridized carbons (Fsp3) is 0.364. The van der Waals surface area contributed by atoms with Gasteiger partial charge in [0.15, 0.2) is 0 Å². The predicted molar refractivity (Wildman–Crippen MR) is 54.3 cm³/mol. The van der Waals surface area contributed by atoms with Crippen molar-refractivity contribution in [2.45, 2.75) is 12.6 Å². The molecule has 0 fully saturated rings. The van der Waals surface area contributed by atoms with Gasteiger partial charge in [0.2, 0.25) is 5.78 Å². The summed E-state index contributed by atoms with van der Waals surface area (Å²) in [5, 5.41) is 0. The minimum absolute atomic E-state index is 0.198. The van der Waals surface area contributed by atoms with Crippen molar-refractivity contribution >= 4 is 5.78 Å². The number of rotatable bonds is 4. The van der Waals surface area contributed by atoms with Crippen molar-refractivity contribution < 1.29 is 27.4 Å². The summed E-state index contributed by atoms with van der Waals surface area (Å²) in [6.45, 7) is 0. The van der Waals surface area contributed by atoms with Crippen molar-refractivity contribution in [2.75, 3.05) is 14.2 Å². The molecule has 0 aliphatic carbocycles. The fourth-order valence-corrected chi connectivity index (χ4v) is 1.25. The lowest BCUT2D eigenvalue weighted by Gasteiger charge is -2.09. The number of carbonyl (C=O) groups excluding carboxylic acids is 1. The zero-order valence-electron chi connectivity index (χ0n) is 9.30. The number of Topliss-reactive ketones (excluding diaryl/α,β-unsaturated/α-hetero) is 1. The highest BCUT2D eigenvalue weighted by molar-refractivity contribution is 5.86. The Kier molecular flexibility index (Phi) is 3.98. The van der Waals surface area contributed by atoms with E-state index in [1.54, 1.807) is 0 Å². The zero-order chi connectivity index (χ0) is 13.1. The Morgan fingerprint density at radius 2 is 1.59 bits per heavy atom. The first-order valence-corrected chi connectivity index (χ1v) is 4.68. The molecule has 0 unspecified atom stereocenters. The summed E-state index contributed by atoms with van der Waals surface area (Å²) in [5.41, 5.74) is 0.198. The van der Waals surface area contributed by atoms with Gasteiger partial charge in [0.25, 0.3) is 0 Å². The third kappa shape index (κ3) is 3.65. The van der Waals surface area contributed by atoms with Gasteiger partial charge in [-0.3, -0.25) is 4.79 Å². The Labute approximate surface area is 96.1 Å². The smallest absolute Gasteiger partial charge is 0.450 e. The average molecular weight is 248 g/mol. The van der Waals surface area contributed by atoms with Gasteiger partial charge in [0, 0.05) is 12.5 Å². The number of benzene rings is 1. The summed E-state index contributed by atoms with van der Waals surface area (Å²) in [6.07, 6.45) is -5.55. The Balaban J connectivity index is 2.94. The van der Waals surface area contributed by atoms with Crippen LogP contribution in [0.2, 0.25) is 0 Å². The number of halogens is 3. The summed E-state index contributed by atoms with van der Waals surface area (Å²) in [4.78, 5) is 10.8. The summed E-state index contributed by atoms with van der Waals surface area (Å²) < 4.78 is 46.0. The van der Waals surface area contributed by atoms with Crippen molar-refractivity contribution in [3.63, 3.8) is 0 Å². The van der Waals surface area contributed by atoms with Gasteiger partial charge in [-0.15, -0.1) is 0 Å². The second kappa shape index (κ2) is 5.07. The molecule has 0 spiro atoms. The average Bonchev–Trinajstić information content (AvgIpc) is 2.27. The molecule has 0 aromatic heterocycles. The van der Waals surface area contributed by atoms with Gasteiger partial charge < -0.3 is 9.47 Å². The lowest BCUT2D eigenvalue weighted by atomic mass is 10.1. The maximum absolute atomic E-state index is 12.1. The highest BCUT2D eigenvalue weighted by Gasteiger charge is 2.37. The Bertz CT molecular complexity index is 391. The molecule has 0 N–H and O–H groups in total. The maximum atomic E-state index is 12.1. The molecule has 0 radical (unpaired) electrons. The number of hydrogen-bond donors (Lipinski definition) is 0. The number of hydrogen-bond acceptors (Lipinski definition) is 3. The number of alkyl halides is 3. The molecule has 1 aromatic rings. The van der Waals surface area contributed by atoms with Crippen LogP contribution < -0.4 is 9.47 Å². The molecule has 6 heteroatoms. The van der Waals surface area contributed by atoms with Gasteiger partial charge in [-0.05, 0) is 17.7 Å². The first-order valence-electron chi connectivity index (χ1n) is 4.68. The second-order valence-corrected chi connectivity index (χ2v) is 3.32. The van der Waals surface area contributed by atoms with Crippen LogP contribution >= 0.6 is 0 Å². The van der Waals surface area contributed by atoms with Crippen molar-refractivity contribution in [1.82, 2.24) is 0 Å². The fourth-order valence-electron chi connectivity index (χ4n) is 1.25. The summed E-state index contributed by atoms with van der Waals surface area (Å²) in [5.74, 6) is -1.11. The van der Waals surface area contributed by atoms with Crippen LogP contribution in [0.1, 0.15) is 5.56 Å². The molecule has 94 valence electrons.